The number of carbonyl (C=O) groups is 4. The number of hydrogen-bond donors (Lipinski definition) is 5. The van der Waals surface area contributed by atoms with Crippen molar-refractivity contribution in [2.24, 2.45) is 0 Å². The number of carboxylic acid groups (broad SMARTS) is 1. The lowest BCUT2D eigenvalue weighted by Gasteiger charge is -2.25. The van der Waals surface area contributed by atoms with Crippen LogP contribution in [0, 0.1) is 0 Å². The first kappa shape index (κ1) is 43.7. The highest BCUT2D eigenvalue weighted by molar-refractivity contribution is 7.92. The number of aromatic amines is 1. The zero-order chi connectivity index (χ0) is 43.9. The van der Waals surface area contributed by atoms with Crippen molar-refractivity contribution in [2.45, 2.75) is 74.6 Å². The quantitative estimate of drug-likeness (QED) is 0.0656. The number of nitrogens with one attached hydrogen (secondary N) is 4. The second-order valence-electron chi connectivity index (χ2n) is 15.6. The zero-order valence-corrected chi connectivity index (χ0v) is 34.8. The average molecular weight is 854 g/mol. The van der Waals surface area contributed by atoms with Gasteiger partial charge in [-0.25, -0.2) is 27.6 Å². The largest absolute Gasteiger partial charge is 0.479 e. The highest BCUT2D eigenvalue weighted by Gasteiger charge is 2.38. The minimum absolute atomic E-state index is 0.0375. The molecular weight excluding hydrogens is 807 g/mol. The molecule has 5 N–H and O–H groups in total. The molecule has 0 saturated heterocycles. The summed E-state index contributed by atoms with van der Waals surface area (Å²) < 4.78 is 43.1. The van der Waals surface area contributed by atoms with Crippen LogP contribution in [-0.2, 0) is 42.0 Å². The maximum atomic E-state index is 13.3. The Hall–Kier alpha value is -6.88. The summed E-state index contributed by atoms with van der Waals surface area (Å²) >= 11 is 0. The maximum absolute atomic E-state index is 13.3. The number of hydrogen-bond acceptors (Lipinski definition) is 11. The number of sulfone groups is 1. The zero-order valence-electron chi connectivity index (χ0n) is 34.0. The van der Waals surface area contributed by atoms with Crippen LogP contribution in [0.4, 0.5) is 25.8 Å². The summed E-state index contributed by atoms with van der Waals surface area (Å²) in [7, 11) is -2.22. The number of nitrogens with zero attached hydrogens (tertiary/aromatic N) is 1. The number of ether oxygens (including phenoxy) is 3. The highest BCUT2D eigenvalue weighted by atomic mass is 32.2. The molecule has 16 nitrogen and oxygen atoms in total. The summed E-state index contributed by atoms with van der Waals surface area (Å²) in [5.74, 6) is -1.19. The number of H-pyrrole nitrogens is 1. The Balaban J connectivity index is 1.19. The average Bonchev–Trinajstić information content (AvgIpc) is 4.08. The Morgan fingerprint density at radius 3 is 2.23 bits per heavy atom. The molecule has 1 aliphatic rings. The molecule has 3 amide bonds. The summed E-state index contributed by atoms with van der Waals surface area (Å²) in [6.07, 6.45) is 0.169. The lowest BCUT2D eigenvalue weighted by molar-refractivity contribution is -0.138. The number of rotatable bonds is 15. The van der Waals surface area contributed by atoms with Gasteiger partial charge in [-0.1, -0.05) is 60.7 Å². The molecule has 0 radical (unpaired) electrons. The van der Waals surface area contributed by atoms with E-state index in [0.717, 1.165) is 5.56 Å². The summed E-state index contributed by atoms with van der Waals surface area (Å²) in [6.45, 7) is 4.58. The van der Waals surface area contributed by atoms with Gasteiger partial charge in [0.15, 0.2) is 15.9 Å². The van der Waals surface area contributed by atoms with E-state index in [1.165, 1.54) is 36.3 Å². The van der Waals surface area contributed by atoms with Gasteiger partial charge in [-0.3, -0.25) is 10.1 Å². The van der Waals surface area contributed by atoms with E-state index < -0.39 is 63.6 Å². The number of pyridine rings is 1. The van der Waals surface area contributed by atoms with Crippen LogP contribution in [0.5, 0.6) is 0 Å². The number of benzene rings is 4. The first-order valence-corrected chi connectivity index (χ1v) is 20.9. The van der Waals surface area contributed by atoms with Crippen molar-refractivity contribution in [3.05, 3.63) is 136 Å². The van der Waals surface area contributed by atoms with Gasteiger partial charge >= 0.3 is 24.2 Å². The van der Waals surface area contributed by atoms with Gasteiger partial charge in [0.05, 0.1) is 22.7 Å². The molecule has 1 fully saturated rings. The van der Waals surface area contributed by atoms with Crippen molar-refractivity contribution < 1.29 is 46.9 Å². The molecule has 61 heavy (non-hydrogen) atoms. The van der Waals surface area contributed by atoms with Crippen molar-refractivity contribution >= 4 is 56.2 Å². The molecule has 1 unspecified atom stereocenters. The first-order chi connectivity index (χ1) is 29.0. The number of aromatic nitrogens is 1. The number of amides is 3. The topological polar surface area (TPSA) is 223 Å². The van der Waals surface area contributed by atoms with Crippen LogP contribution in [0.15, 0.2) is 113 Å². The Bertz CT molecular complexity index is 2570. The molecule has 6 rings (SSSR count). The fourth-order valence-corrected chi connectivity index (χ4v) is 8.23. The van der Waals surface area contributed by atoms with Crippen LogP contribution < -0.4 is 21.5 Å². The summed E-state index contributed by atoms with van der Waals surface area (Å²) in [6, 6.07) is 24.0. The van der Waals surface area contributed by atoms with Crippen molar-refractivity contribution in [1.29, 1.82) is 0 Å². The van der Waals surface area contributed by atoms with E-state index in [0.29, 0.717) is 40.4 Å². The van der Waals surface area contributed by atoms with E-state index in [4.69, 9.17) is 14.2 Å². The first-order valence-electron chi connectivity index (χ1n) is 19.4. The van der Waals surface area contributed by atoms with Crippen LogP contribution in [0.1, 0.15) is 68.0 Å². The van der Waals surface area contributed by atoms with Gasteiger partial charge in [0.2, 0.25) is 0 Å². The SMILES string of the molecule is CN(Cc1cc(NC(=O)OC[C@H](NC(=O)OCc2ccccc2)c2ccc(C(Nc3ccc4cc[nH]c(=O)c4c3)C(=O)O)cc2)ccc1S(=O)(=O)C1CC1)C(=O)OC(C)(C)C. The van der Waals surface area contributed by atoms with Crippen molar-refractivity contribution in [1.82, 2.24) is 15.2 Å². The molecule has 1 aliphatic carbocycles. The molecule has 17 heteroatoms. The van der Waals surface area contributed by atoms with Crippen molar-refractivity contribution in [3.63, 3.8) is 0 Å². The van der Waals surface area contributed by atoms with E-state index in [1.807, 2.05) is 6.07 Å². The Morgan fingerprint density at radius 1 is 0.869 bits per heavy atom. The van der Waals surface area contributed by atoms with Crippen LogP contribution in [0.3, 0.4) is 0 Å². The van der Waals surface area contributed by atoms with Gasteiger partial charge in [0, 0.05) is 30.0 Å². The summed E-state index contributed by atoms with van der Waals surface area (Å²) in [5.41, 5.74) is 1.29. The molecule has 0 bridgehead atoms. The van der Waals surface area contributed by atoms with Gasteiger partial charge < -0.3 is 39.8 Å². The fraction of sp³-hybridized carbons (Fsp3) is 0.295. The third kappa shape index (κ3) is 11.7. The summed E-state index contributed by atoms with van der Waals surface area (Å²) in [5, 5.41) is 19.0. The van der Waals surface area contributed by atoms with Crippen LogP contribution in [-0.4, -0.2) is 72.2 Å². The third-order valence-electron chi connectivity index (χ3n) is 9.58. The van der Waals surface area contributed by atoms with E-state index in [-0.39, 0.29) is 34.9 Å². The number of carboxylic acids is 1. The molecule has 0 spiro atoms. The minimum atomic E-state index is -3.70. The number of fused-ring (bicyclic) bond motifs is 1. The Kier molecular flexibility index (Phi) is 13.3. The molecule has 1 aromatic heterocycles. The highest BCUT2D eigenvalue weighted by Crippen LogP contribution is 2.36. The smallest absolute Gasteiger partial charge is 0.411 e. The van der Waals surface area contributed by atoms with E-state index >= 15 is 0 Å². The lowest BCUT2D eigenvalue weighted by Crippen LogP contribution is -2.34. The number of carbonyl (C=O) groups excluding carboxylic acids is 3. The third-order valence-corrected chi connectivity index (χ3v) is 11.9. The number of anilines is 2. The lowest BCUT2D eigenvalue weighted by atomic mass is 10.0. The second-order valence-corrected chi connectivity index (χ2v) is 17.8. The van der Waals surface area contributed by atoms with Crippen molar-refractivity contribution in [2.75, 3.05) is 24.3 Å². The Labute approximate surface area is 352 Å². The number of aliphatic carboxylic acids is 1. The van der Waals surface area contributed by atoms with E-state index in [1.54, 1.807) is 93.6 Å². The molecular formula is C44H47N5O11S. The molecule has 320 valence electrons. The molecule has 1 saturated carbocycles. The maximum Gasteiger partial charge on any atom is 0.411 e. The number of alkyl carbamates (subject to hydrolysis) is 1. The molecule has 1 heterocycles. The predicted octanol–water partition coefficient (Wildman–Crippen LogP) is 7.29. The van der Waals surface area contributed by atoms with Gasteiger partial charge in [-0.2, -0.15) is 0 Å². The summed E-state index contributed by atoms with van der Waals surface area (Å²) in [4.78, 5) is 67.8. The van der Waals surface area contributed by atoms with Gasteiger partial charge in [0.1, 0.15) is 18.8 Å². The van der Waals surface area contributed by atoms with Crippen LogP contribution in [0.25, 0.3) is 10.8 Å². The normalized spacial score (nSPS) is 13.6. The van der Waals surface area contributed by atoms with Gasteiger partial charge in [0.25, 0.3) is 5.56 Å². The predicted molar refractivity (Wildman–Crippen MR) is 227 cm³/mol. The monoisotopic (exact) mass is 853 g/mol. The molecule has 0 aliphatic heterocycles. The fourth-order valence-electron chi connectivity index (χ4n) is 6.37. The Morgan fingerprint density at radius 2 is 1.56 bits per heavy atom. The standard InChI is InChI=1S/C44H47N5O11S/c1-44(2,3)60-43(55)49(4)24-31-22-32(16-19-37(31)61(56,57)34-17-18-34)47-41(53)59-26-36(48-42(54)58-25-27-8-6-5-7-9-27)29-10-12-30(13-11-29)38(40(51)52)46-33-15-14-28-20-21-45-39(50)35(28)23-33/h5-16,19-23,34,36,38,46H,17-18,24-26H2,1-4H3,(H,45,50)(H,47,53)(H,48,54)(H,51,52)/t36-,38?/m0/s1. The second kappa shape index (κ2) is 18.6. The molecule has 4 aromatic carbocycles. The minimum Gasteiger partial charge on any atom is -0.479 e. The van der Waals surface area contributed by atoms with Gasteiger partial charge in [-0.15, -0.1) is 0 Å². The molecule has 5 aromatic rings. The van der Waals surface area contributed by atoms with Crippen molar-refractivity contribution in [3.8, 4) is 0 Å². The van der Waals surface area contributed by atoms with E-state index in [9.17, 15) is 37.5 Å². The van der Waals surface area contributed by atoms with Gasteiger partial charge in [-0.05, 0) is 97.7 Å². The van der Waals surface area contributed by atoms with E-state index in [2.05, 4.69) is 20.9 Å². The van der Waals surface area contributed by atoms with Crippen LogP contribution >= 0.6 is 0 Å². The van der Waals surface area contributed by atoms with Crippen LogP contribution in [0.2, 0.25) is 0 Å². The molecule has 2 atom stereocenters.